The van der Waals surface area contributed by atoms with Gasteiger partial charge in [-0.3, -0.25) is 14.5 Å². The summed E-state index contributed by atoms with van der Waals surface area (Å²) < 4.78 is 1.87. The average molecular weight is 327 g/mol. The zero-order valence-corrected chi connectivity index (χ0v) is 14.6. The standard InChI is InChI=1S/C18H25N5O/c1-22(2)18(24)17-15-11-14(6-7-16(15)23(3)21-17)20-10-8-13-5-4-9-19-12-13/h4-5,9,12,14,20H,6-8,10-11H2,1-3H3. The summed E-state index contributed by atoms with van der Waals surface area (Å²) in [5.41, 5.74) is 4.16. The van der Waals surface area contributed by atoms with Crippen molar-refractivity contribution in [1.82, 2.24) is 25.0 Å². The van der Waals surface area contributed by atoms with Crippen molar-refractivity contribution in [3.05, 3.63) is 47.0 Å². The molecule has 0 fully saturated rings. The minimum Gasteiger partial charge on any atom is -0.343 e. The third-order valence-corrected chi connectivity index (χ3v) is 4.63. The fourth-order valence-electron chi connectivity index (χ4n) is 3.31. The number of amides is 1. The van der Waals surface area contributed by atoms with Crippen LogP contribution in [0.4, 0.5) is 0 Å². The number of nitrogens with one attached hydrogen (secondary N) is 1. The molecule has 0 bridgehead atoms. The summed E-state index contributed by atoms with van der Waals surface area (Å²) in [5.74, 6) is -0.0112. The quantitative estimate of drug-likeness (QED) is 0.896. The second-order valence-corrected chi connectivity index (χ2v) is 6.60. The highest BCUT2D eigenvalue weighted by Gasteiger charge is 2.28. The van der Waals surface area contributed by atoms with Crippen molar-refractivity contribution >= 4 is 5.91 Å². The Morgan fingerprint density at radius 1 is 1.46 bits per heavy atom. The van der Waals surface area contributed by atoms with Crippen molar-refractivity contribution in [3.63, 3.8) is 0 Å². The molecule has 1 amide bonds. The van der Waals surface area contributed by atoms with E-state index in [0.29, 0.717) is 11.7 Å². The van der Waals surface area contributed by atoms with Crippen molar-refractivity contribution in [2.24, 2.45) is 7.05 Å². The Balaban J connectivity index is 1.64. The molecule has 0 saturated carbocycles. The van der Waals surface area contributed by atoms with Crippen LogP contribution in [0.25, 0.3) is 0 Å². The molecule has 2 aromatic heterocycles. The number of aromatic nitrogens is 3. The minimum absolute atomic E-state index is 0.0112. The van der Waals surface area contributed by atoms with Crippen molar-refractivity contribution in [3.8, 4) is 0 Å². The maximum atomic E-state index is 12.4. The largest absolute Gasteiger partial charge is 0.343 e. The maximum absolute atomic E-state index is 12.4. The summed E-state index contributed by atoms with van der Waals surface area (Å²) in [6.45, 7) is 0.920. The first-order valence-electron chi connectivity index (χ1n) is 8.45. The summed E-state index contributed by atoms with van der Waals surface area (Å²) in [5, 5.41) is 8.09. The van der Waals surface area contributed by atoms with Crippen molar-refractivity contribution in [2.75, 3.05) is 20.6 Å². The fourth-order valence-corrected chi connectivity index (χ4v) is 3.31. The molecule has 0 aromatic carbocycles. The van der Waals surface area contributed by atoms with Crippen molar-refractivity contribution in [1.29, 1.82) is 0 Å². The molecule has 6 heteroatoms. The van der Waals surface area contributed by atoms with Gasteiger partial charge in [-0.25, -0.2) is 0 Å². The molecule has 1 aliphatic rings. The van der Waals surface area contributed by atoms with E-state index in [9.17, 15) is 4.79 Å². The average Bonchev–Trinajstić information content (AvgIpc) is 2.91. The smallest absolute Gasteiger partial charge is 0.274 e. The molecule has 6 nitrogen and oxygen atoms in total. The van der Waals surface area contributed by atoms with Crippen LogP contribution in [0.2, 0.25) is 0 Å². The van der Waals surface area contributed by atoms with Crippen LogP contribution in [-0.2, 0) is 26.3 Å². The van der Waals surface area contributed by atoms with Crippen LogP contribution in [0.3, 0.4) is 0 Å². The van der Waals surface area contributed by atoms with E-state index >= 15 is 0 Å². The van der Waals surface area contributed by atoms with Crippen LogP contribution < -0.4 is 5.32 Å². The molecule has 1 aliphatic carbocycles. The Morgan fingerprint density at radius 2 is 2.29 bits per heavy atom. The van der Waals surface area contributed by atoms with Gasteiger partial charge in [-0.2, -0.15) is 5.10 Å². The summed E-state index contributed by atoms with van der Waals surface area (Å²) in [6.07, 6.45) is 7.58. The molecule has 0 radical (unpaired) electrons. The first-order valence-corrected chi connectivity index (χ1v) is 8.45. The van der Waals surface area contributed by atoms with E-state index in [-0.39, 0.29) is 5.91 Å². The van der Waals surface area contributed by atoms with Gasteiger partial charge >= 0.3 is 0 Å². The van der Waals surface area contributed by atoms with Crippen LogP contribution in [0.1, 0.15) is 33.7 Å². The second-order valence-electron chi connectivity index (χ2n) is 6.60. The van der Waals surface area contributed by atoms with E-state index in [1.165, 1.54) is 11.3 Å². The number of pyridine rings is 1. The van der Waals surface area contributed by atoms with E-state index in [1.807, 2.05) is 24.0 Å². The lowest BCUT2D eigenvalue weighted by Crippen LogP contribution is -2.36. The summed E-state index contributed by atoms with van der Waals surface area (Å²) in [6, 6.07) is 4.46. The van der Waals surface area contributed by atoms with E-state index in [1.54, 1.807) is 25.2 Å². The number of fused-ring (bicyclic) bond motifs is 1. The van der Waals surface area contributed by atoms with Gasteiger partial charge in [0.15, 0.2) is 5.69 Å². The third-order valence-electron chi connectivity index (χ3n) is 4.63. The van der Waals surface area contributed by atoms with Gasteiger partial charge in [-0.15, -0.1) is 0 Å². The molecule has 3 rings (SSSR count). The van der Waals surface area contributed by atoms with Crippen LogP contribution in [-0.4, -0.2) is 52.3 Å². The molecule has 24 heavy (non-hydrogen) atoms. The molecule has 1 N–H and O–H groups in total. The monoisotopic (exact) mass is 327 g/mol. The van der Waals surface area contributed by atoms with Crippen LogP contribution in [0, 0.1) is 0 Å². The molecule has 0 saturated heterocycles. The number of carbonyl (C=O) groups excluding carboxylic acids is 1. The first-order chi connectivity index (χ1) is 11.6. The molecule has 2 heterocycles. The zero-order valence-electron chi connectivity index (χ0n) is 14.6. The molecule has 2 aromatic rings. The number of aryl methyl sites for hydroxylation is 1. The number of nitrogens with zero attached hydrogens (tertiary/aromatic N) is 4. The Kier molecular flexibility index (Phi) is 4.94. The fraction of sp³-hybridized carbons (Fsp3) is 0.500. The number of rotatable bonds is 5. The molecule has 1 unspecified atom stereocenters. The van der Waals surface area contributed by atoms with Gasteiger partial charge in [0.25, 0.3) is 5.91 Å². The molecule has 128 valence electrons. The second kappa shape index (κ2) is 7.13. The molecule has 0 aliphatic heterocycles. The predicted molar refractivity (Wildman–Crippen MR) is 93.0 cm³/mol. The van der Waals surface area contributed by atoms with Crippen molar-refractivity contribution in [2.45, 2.75) is 31.7 Å². The highest BCUT2D eigenvalue weighted by atomic mass is 16.2. The lowest BCUT2D eigenvalue weighted by Gasteiger charge is -2.24. The highest BCUT2D eigenvalue weighted by molar-refractivity contribution is 5.93. The molecular weight excluding hydrogens is 302 g/mol. The maximum Gasteiger partial charge on any atom is 0.274 e. The van der Waals surface area contributed by atoms with E-state index in [0.717, 1.165) is 37.8 Å². The van der Waals surface area contributed by atoms with Gasteiger partial charge in [0.05, 0.1) is 0 Å². The third kappa shape index (κ3) is 3.48. The molecule has 0 spiro atoms. The summed E-state index contributed by atoms with van der Waals surface area (Å²) >= 11 is 0. The van der Waals surface area contributed by atoms with E-state index < -0.39 is 0 Å². The van der Waals surface area contributed by atoms with Gasteiger partial charge in [0.2, 0.25) is 0 Å². The Hall–Kier alpha value is -2.21. The SMILES string of the molecule is CN(C)C(=O)c1nn(C)c2c1CC(NCCc1cccnc1)CC2. The predicted octanol–water partition coefficient (Wildman–Crippen LogP) is 1.21. The summed E-state index contributed by atoms with van der Waals surface area (Å²) in [7, 11) is 5.48. The Bertz CT molecular complexity index is 708. The van der Waals surface area contributed by atoms with E-state index in [4.69, 9.17) is 0 Å². The Morgan fingerprint density at radius 3 is 3.00 bits per heavy atom. The number of carbonyl (C=O) groups is 1. The Labute approximate surface area is 142 Å². The lowest BCUT2D eigenvalue weighted by atomic mass is 9.91. The normalized spacial score (nSPS) is 16.7. The topological polar surface area (TPSA) is 63.1 Å². The molecular formula is C18H25N5O. The zero-order chi connectivity index (χ0) is 17.1. The number of hydrogen-bond acceptors (Lipinski definition) is 4. The van der Waals surface area contributed by atoms with Gasteiger partial charge in [0, 0.05) is 50.8 Å². The van der Waals surface area contributed by atoms with Crippen LogP contribution >= 0.6 is 0 Å². The lowest BCUT2D eigenvalue weighted by molar-refractivity contribution is 0.0820. The highest BCUT2D eigenvalue weighted by Crippen LogP contribution is 2.25. The van der Waals surface area contributed by atoms with Crippen molar-refractivity contribution < 1.29 is 4.79 Å². The first kappa shape index (κ1) is 16.6. The summed E-state index contributed by atoms with van der Waals surface area (Å²) in [4.78, 5) is 18.1. The minimum atomic E-state index is -0.0112. The van der Waals surface area contributed by atoms with E-state index in [2.05, 4.69) is 21.5 Å². The van der Waals surface area contributed by atoms with Gasteiger partial charge in [-0.05, 0) is 43.9 Å². The van der Waals surface area contributed by atoms with Crippen LogP contribution in [0.5, 0.6) is 0 Å². The van der Waals surface area contributed by atoms with Crippen LogP contribution in [0.15, 0.2) is 24.5 Å². The number of hydrogen-bond donors (Lipinski definition) is 1. The molecule has 1 atom stereocenters. The van der Waals surface area contributed by atoms with Gasteiger partial charge < -0.3 is 10.2 Å². The van der Waals surface area contributed by atoms with Gasteiger partial charge in [0.1, 0.15) is 0 Å². The van der Waals surface area contributed by atoms with Gasteiger partial charge in [-0.1, -0.05) is 6.07 Å².